The Morgan fingerprint density at radius 1 is 1.00 bits per heavy atom. The maximum atomic E-state index is 13.1. The Balaban J connectivity index is 2.31. The summed E-state index contributed by atoms with van der Waals surface area (Å²) in [5.74, 6) is -0.883. The fourth-order valence-electron chi connectivity index (χ4n) is 1.43. The monoisotopic (exact) mass is 254 g/mol. The molecule has 0 aliphatic carbocycles. The minimum Gasteiger partial charge on any atom is -0.397 e. The van der Waals surface area contributed by atoms with E-state index in [0.29, 0.717) is 11.4 Å². The van der Waals surface area contributed by atoms with Gasteiger partial charge in [-0.25, -0.2) is 8.78 Å². The molecule has 2 aromatic rings. The van der Waals surface area contributed by atoms with Gasteiger partial charge in [0.15, 0.2) is 0 Å². The molecule has 5 heteroatoms. The highest BCUT2D eigenvalue weighted by atomic mass is 35.5. The van der Waals surface area contributed by atoms with Gasteiger partial charge < -0.3 is 11.1 Å². The molecule has 0 radical (unpaired) electrons. The highest BCUT2D eigenvalue weighted by molar-refractivity contribution is 6.30. The fraction of sp³-hybridized carbons (Fsp3) is 0. The van der Waals surface area contributed by atoms with Crippen molar-refractivity contribution in [3.8, 4) is 0 Å². The van der Waals surface area contributed by atoms with E-state index in [4.69, 9.17) is 17.3 Å². The van der Waals surface area contributed by atoms with Crippen molar-refractivity contribution in [1.29, 1.82) is 0 Å². The minimum absolute atomic E-state index is 0.241. The Morgan fingerprint density at radius 3 is 2.41 bits per heavy atom. The van der Waals surface area contributed by atoms with Gasteiger partial charge in [0.1, 0.15) is 11.6 Å². The molecule has 0 saturated heterocycles. The first-order valence-electron chi connectivity index (χ1n) is 4.83. The van der Waals surface area contributed by atoms with Gasteiger partial charge in [-0.05, 0) is 36.4 Å². The lowest BCUT2D eigenvalue weighted by molar-refractivity contribution is 0.627. The zero-order valence-corrected chi connectivity index (χ0v) is 9.43. The zero-order chi connectivity index (χ0) is 12.4. The van der Waals surface area contributed by atoms with Crippen LogP contribution in [0.1, 0.15) is 0 Å². The van der Waals surface area contributed by atoms with Crippen LogP contribution in [-0.4, -0.2) is 0 Å². The van der Waals surface area contributed by atoms with Gasteiger partial charge in [-0.2, -0.15) is 0 Å². The summed E-state index contributed by atoms with van der Waals surface area (Å²) >= 11 is 5.71. The van der Waals surface area contributed by atoms with Crippen molar-refractivity contribution < 1.29 is 8.78 Å². The zero-order valence-electron chi connectivity index (χ0n) is 8.68. The van der Waals surface area contributed by atoms with Crippen molar-refractivity contribution in [3.05, 3.63) is 53.1 Å². The molecular formula is C12H9ClF2N2. The molecule has 88 valence electrons. The third kappa shape index (κ3) is 2.85. The molecule has 0 aliphatic heterocycles. The van der Waals surface area contributed by atoms with Crippen molar-refractivity contribution in [3.63, 3.8) is 0 Å². The summed E-state index contributed by atoms with van der Waals surface area (Å²) in [4.78, 5) is 0. The molecule has 0 amide bonds. The standard InChI is InChI=1S/C12H9ClF2N2/c13-7-3-9(15)5-10(4-7)17-12-2-1-8(14)6-11(12)16/h1-6,17H,16H2. The maximum absolute atomic E-state index is 13.1. The fourth-order valence-corrected chi connectivity index (χ4v) is 1.65. The van der Waals surface area contributed by atoms with Crippen LogP contribution in [0.25, 0.3) is 0 Å². The molecule has 0 aromatic heterocycles. The smallest absolute Gasteiger partial charge is 0.126 e. The molecule has 2 aromatic carbocycles. The van der Waals surface area contributed by atoms with Gasteiger partial charge in [-0.15, -0.1) is 0 Å². The van der Waals surface area contributed by atoms with Crippen LogP contribution in [0, 0.1) is 11.6 Å². The number of nitrogen functional groups attached to an aromatic ring is 1. The maximum Gasteiger partial charge on any atom is 0.126 e. The van der Waals surface area contributed by atoms with Crippen molar-refractivity contribution in [2.75, 3.05) is 11.1 Å². The van der Waals surface area contributed by atoms with E-state index in [0.717, 1.165) is 0 Å². The molecule has 2 rings (SSSR count). The number of rotatable bonds is 2. The number of halogens is 3. The average Bonchev–Trinajstić information content (AvgIpc) is 2.21. The predicted octanol–water partition coefficient (Wildman–Crippen LogP) is 3.94. The van der Waals surface area contributed by atoms with Crippen molar-refractivity contribution in [2.24, 2.45) is 0 Å². The van der Waals surface area contributed by atoms with Gasteiger partial charge in [0.05, 0.1) is 11.4 Å². The highest BCUT2D eigenvalue weighted by Crippen LogP contribution is 2.26. The van der Waals surface area contributed by atoms with E-state index in [9.17, 15) is 8.78 Å². The van der Waals surface area contributed by atoms with E-state index in [1.807, 2.05) is 0 Å². The number of anilines is 3. The first-order valence-corrected chi connectivity index (χ1v) is 5.20. The molecule has 0 bridgehead atoms. The Morgan fingerprint density at radius 2 is 1.76 bits per heavy atom. The lowest BCUT2D eigenvalue weighted by Gasteiger charge is -2.09. The quantitative estimate of drug-likeness (QED) is 0.797. The topological polar surface area (TPSA) is 38.0 Å². The van der Waals surface area contributed by atoms with Crippen LogP contribution in [0.4, 0.5) is 25.8 Å². The van der Waals surface area contributed by atoms with Crippen LogP contribution in [-0.2, 0) is 0 Å². The summed E-state index contributed by atoms with van der Waals surface area (Å²) in [6, 6.07) is 7.94. The normalized spacial score (nSPS) is 10.3. The van der Waals surface area contributed by atoms with Gasteiger partial charge >= 0.3 is 0 Å². The summed E-state index contributed by atoms with van der Waals surface area (Å²) in [6.07, 6.45) is 0. The second kappa shape index (κ2) is 4.59. The molecule has 0 fully saturated rings. The van der Waals surface area contributed by atoms with Gasteiger partial charge in [0, 0.05) is 10.7 Å². The molecule has 0 heterocycles. The van der Waals surface area contributed by atoms with E-state index in [2.05, 4.69) is 5.32 Å². The SMILES string of the molecule is Nc1cc(F)ccc1Nc1cc(F)cc(Cl)c1. The average molecular weight is 255 g/mol. The number of hydrogen-bond donors (Lipinski definition) is 2. The molecule has 0 atom stereocenters. The van der Waals surface area contributed by atoms with Crippen LogP contribution in [0.2, 0.25) is 5.02 Å². The number of nitrogens with one attached hydrogen (secondary N) is 1. The third-order valence-corrected chi connectivity index (χ3v) is 2.37. The molecule has 0 spiro atoms. The van der Waals surface area contributed by atoms with Crippen molar-refractivity contribution in [2.45, 2.75) is 0 Å². The number of nitrogens with two attached hydrogens (primary N) is 1. The van der Waals surface area contributed by atoms with Crippen molar-refractivity contribution in [1.82, 2.24) is 0 Å². The number of hydrogen-bond acceptors (Lipinski definition) is 2. The van der Waals surface area contributed by atoms with Crippen LogP contribution >= 0.6 is 11.6 Å². The van der Waals surface area contributed by atoms with E-state index in [-0.39, 0.29) is 10.7 Å². The molecule has 2 nitrogen and oxygen atoms in total. The van der Waals surface area contributed by atoms with Crippen LogP contribution in [0.5, 0.6) is 0 Å². The summed E-state index contributed by atoms with van der Waals surface area (Å²) in [6.45, 7) is 0. The Labute approximate surface area is 102 Å². The van der Waals surface area contributed by atoms with E-state index in [1.54, 1.807) is 6.07 Å². The first-order chi connectivity index (χ1) is 8.04. The van der Waals surface area contributed by atoms with Gasteiger partial charge in [0.2, 0.25) is 0 Å². The minimum atomic E-state index is -0.458. The van der Waals surface area contributed by atoms with Gasteiger partial charge in [0.25, 0.3) is 0 Å². The largest absolute Gasteiger partial charge is 0.397 e. The second-order valence-corrected chi connectivity index (χ2v) is 3.95. The van der Waals surface area contributed by atoms with Gasteiger partial charge in [-0.1, -0.05) is 11.6 Å². The van der Waals surface area contributed by atoms with E-state index in [1.165, 1.54) is 30.3 Å². The summed E-state index contributed by atoms with van der Waals surface area (Å²) in [5.41, 5.74) is 6.80. The van der Waals surface area contributed by atoms with Crippen LogP contribution in [0.3, 0.4) is 0 Å². The molecular weight excluding hydrogens is 246 g/mol. The molecule has 0 saturated carbocycles. The molecule has 0 unspecified atom stereocenters. The highest BCUT2D eigenvalue weighted by Gasteiger charge is 2.03. The Hall–Kier alpha value is -1.81. The lowest BCUT2D eigenvalue weighted by atomic mass is 10.2. The van der Waals surface area contributed by atoms with E-state index >= 15 is 0 Å². The molecule has 17 heavy (non-hydrogen) atoms. The second-order valence-electron chi connectivity index (χ2n) is 3.51. The lowest BCUT2D eigenvalue weighted by Crippen LogP contribution is -1.97. The third-order valence-electron chi connectivity index (χ3n) is 2.16. The van der Waals surface area contributed by atoms with E-state index < -0.39 is 11.6 Å². The van der Waals surface area contributed by atoms with Gasteiger partial charge in [-0.3, -0.25) is 0 Å². The Bertz CT molecular complexity index is 538. The van der Waals surface area contributed by atoms with Crippen molar-refractivity contribution >= 4 is 28.7 Å². The molecule has 3 N–H and O–H groups in total. The number of benzene rings is 2. The summed E-state index contributed by atoms with van der Waals surface area (Å²) in [5, 5.41) is 3.14. The van der Waals surface area contributed by atoms with Crippen LogP contribution in [0.15, 0.2) is 36.4 Å². The van der Waals surface area contributed by atoms with Crippen LogP contribution < -0.4 is 11.1 Å². The predicted molar refractivity (Wildman–Crippen MR) is 65.5 cm³/mol. The summed E-state index contributed by atoms with van der Waals surface area (Å²) in [7, 11) is 0. The summed E-state index contributed by atoms with van der Waals surface area (Å²) < 4.78 is 25.9. The Kier molecular flexibility index (Phi) is 3.15. The first kappa shape index (κ1) is 11.7. The molecule has 0 aliphatic rings.